The van der Waals surface area contributed by atoms with Gasteiger partial charge in [0, 0.05) is 12.6 Å². The van der Waals surface area contributed by atoms with E-state index in [1.54, 1.807) is 0 Å². The average molecular weight is 271 g/mol. The Bertz CT molecular complexity index is 197. The van der Waals surface area contributed by atoms with Crippen LogP contribution < -0.4 is 5.32 Å². The van der Waals surface area contributed by atoms with Crippen LogP contribution in [0.5, 0.6) is 0 Å². The van der Waals surface area contributed by atoms with Crippen LogP contribution in [0.2, 0.25) is 0 Å². The molecule has 0 aromatic rings. The third-order valence-electron chi connectivity index (χ3n) is 4.63. The first-order chi connectivity index (χ1) is 9.13. The van der Waals surface area contributed by atoms with Gasteiger partial charge in [0.1, 0.15) is 0 Å². The zero-order valence-corrected chi connectivity index (χ0v) is 14.2. The van der Waals surface area contributed by atoms with E-state index in [2.05, 4.69) is 46.9 Å². The summed E-state index contributed by atoms with van der Waals surface area (Å²) in [6.07, 6.45) is 7.17. The van der Waals surface area contributed by atoms with Crippen LogP contribution in [-0.2, 0) is 4.74 Å². The number of hydrogen-bond acceptors (Lipinski definition) is 2. The summed E-state index contributed by atoms with van der Waals surface area (Å²) in [5.41, 5.74) is 0.0203. The highest BCUT2D eigenvalue weighted by Crippen LogP contribution is 2.30. The van der Waals surface area contributed by atoms with Crippen molar-refractivity contribution in [3.05, 3.63) is 0 Å². The fourth-order valence-electron chi connectivity index (χ4n) is 3.09. The van der Waals surface area contributed by atoms with Crippen molar-refractivity contribution < 1.29 is 4.74 Å². The fraction of sp³-hybridized carbons (Fsp3) is 1.00. The van der Waals surface area contributed by atoms with Crippen LogP contribution in [0.1, 0.15) is 80.1 Å². The molecular formula is C17H37NO. The van der Waals surface area contributed by atoms with Gasteiger partial charge in [-0.1, -0.05) is 47.5 Å². The Balaban J connectivity index is 4.93. The van der Waals surface area contributed by atoms with Crippen LogP contribution in [0.25, 0.3) is 0 Å². The summed E-state index contributed by atoms with van der Waals surface area (Å²) in [4.78, 5) is 0. The van der Waals surface area contributed by atoms with E-state index >= 15 is 0 Å². The molecule has 0 aliphatic heterocycles. The highest BCUT2D eigenvalue weighted by Gasteiger charge is 2.36. The van der Waals surface area contributed by atoms with Crippen LogP contribution in [0.15, 0.2) is 0 Å². The van der Waals surface area contributed by atoms with E-state index in [9.17, 15) is 0 Å². The largest absolute Gasteiger partial charge is 0.374 e. The lowest BCUT2D eigenvalue weighted by Gasteiger charge is -2.41. The van der Waals surface area contributed by atoms with Gasteiger partial charge in [-0.25, -0.2) is 0 Å². The van der Waals surface area contributed by atoms with E-state index in [4.69, 9.17) is 4.74 Å². The smallest absolute Gasteiger partial charge is 0.0829 e. The van der Waals surface area contributed by atoms with Crippen molar-refractivity contribution in [3.8, 4) is 0 Å². The van der Waals surface area contributed by atoms with E-state index < -0.39 is 0 Å². The minimum atomic E-state index is 0.0203. The Morgan fingerprint density at radius 3 is 1.89 bits per heavy atom. The van der Waals surface area contributed by atoms with Gasteiger partial charge in [-0.05, 0) is 45.1 Å². The molecule has 1 N–H and O–H groups in total. The lowest BCUT2D eigenvalue weighted by Crippen LogP contribution is -2.53. The van der Waals surface area contributed by atoms with Crippen LogP contribution in [-0.4, -0.2) is 24.8 Å². The van der Waals surface area contributed by atoms with Crippen LogP contribution in [0.3, 0.4) is 0 Å². The van der Waals surface area contributed by atoms with Crippen LogP contribution >= 0.6 is 0 Å². The molecule has 0 rings (SSSR count). The van der Waals surface area contributed by atoms with Gasteiger partial charge in [-0.3, -0.25) is 0 Å². The van der Waals surface area contributed by atoms with E-state index in [1.807, 2.05) is 0 Å². The highest BCUT2D eigenvalue weighted by atomic mass is 16.5. The number of hydrogen-bond donors (Lipinski definition) is 1. The Morgan fingerprint density at radius 1 is 0.947 bits per heavy atom. The zero-order chi connectivity index (χ0) is 14.7. The Kier molecular flexibility index (Phi) is 10.6. The Labute approximate surface area is 121 Å². The van der Waals surface area contributed by atoms with E-state index in [0.717, 1.165) is 31.9 Å². The SMILES string of the molecule is CCCNC(CC(CC)CC)C(CC)(CC)OCC. The molecule has 0 aromatic carbocycles. The molecule has 19 heavy (non-hydrogen) atoms. The molecule has 0 aliphatic rings. The molecule has 0 amide bonds. The van der Waals surface area contributed by atoms with Crippen molar-refractivity contribution in [1.29, 1.82) is 0 Å². The number of ether oxygens (including phenoxy) is 1. The van der Waals surface area contributed by atoms with Crippen molar-refractivity contribution >= 4 is 0 Å². The monoisotopic (exact) mass is 271 g/mol. The summed E-state index contributed by atoms with van der Waals surface area (Å²) >= 11 is 0. The maximum Gasteiger partial charge on any atom is 0.0829 e. The molecule has 0 fully saturated rings. The standard InChI is InChI=1S/C17H37NO/c1-7-13-18-16(14-15(8-2)9-3)17(10-4,11-5)19-12-6/h15-16,18H,7-14H2,1-6H3. The first-order valence-corrected chi connectivity index (χ1v) is 8.51. The van der Waals surface area contributed by atoms with Crippen LogP contribution in [0.4, 0.5) is 0 Å². The molecule has 0 saturated heterocycles. The van der Waals surface area contributed by atoms with Crippen molar-refractivity contribution in [2.24, 2.45) is 5.92 Å². The van der Waals surface area contributed by atoms with E-state index in [-0.39, 0.29) is 5.60 Å². The van der Waals surface area contributed by atoms with Gasteiger partial charge >= 0.3 is 0 Å². The fourth-order valence-corrected chi connectivity index (χ4v) is 3.09. The predicted molar refractivity (Wildman–Crippen MR) is 85.7 cm³/mol. The molecule has 0 bridgehead atoms. The second kappa shape index (κ2) is 10.7. The van der Waals surface area contributed by atoms with Crippen molar-refractivity contribution in [1.82, 2.24) is 5.32 Å². The zero-order valence-electron chi connectivity index (χ0n) is 14.2. The topological polar surface area (TPSA) is 21.3 Å². The van der Waals surface area contributed by atoms with Crippen molar-refractivity contribution in [2.45, 2.75) is 91.7 Å². The maximum absolute atomic E-state index is 6.21. The summed E-state index contributed by atoms with van der Waals surface area (Å²) in [5, 5.41) is 3.77. The third kappa shape index (κ3) is 5.83. The molecule has 0 spiro atoms. The maximum atomic E-state index is 6.21. The van der Waals surface area contributed by atoms with Gasteiger partial charge < -0.3 is 10.1 Å². The predicted octanol–water partition coefficient (Wildman–Crippen LogP) is 4.78. The summed E-state index contributed by atoms with van der Waals surface area (Å²) < 4.78 is 6.21. The molecule has 1 atom stereocenters. The normalized spacial score (nSPS) is 14.1. The molecule has 0 aliphatic carbocycles. The quantitative estimate of drug-likeness (QED) is 0.552. The highest BCUT2D eigenvalue weighted by molar-refractivity contribution is 4.92. The summed E-state index contributed by atoms with van der Waals surface area (Å²) in [7, 11) is 0. The Hall–Kier alpha value is -0.0800. The molecule has 0 heterocycles. The Morgan fingerprint density at radius 2 is 1.53 bits per heavy atom. The molecule has 0 saturated carbocycles. The lowest BCUT2D eigenvalue weighted by molar-refractivity contribution is -0.0769. The molecule has 2 nitrogen and oxygen atoms in total. The molecule has 1 unspecified atom stereocenters. The first kappa shape index (κ1) is 18.9. The third-order valence-corrected chi connectivity index (χ3v) is 4.63. The molecule has 116 valence electrons. The van der Waals surface area contributed by atoms with E-state index in [0.29, 0.717) is 6.04 Å². The van der Waals surface area contributed by atoms with Crippen molar-refractivity contribution in [3.63, 3.8) is 0 Å². The van der Waals surface area contributed by atoms with Crippen molar-refractivity contribution in [2.75, 3.05) is 13.2 Å². The molecule has 0 aromatic heterocycles. The average Bonchev–Trinajstić information content (AvgIpc) is 2.45. The van der Waals surface area contributed by atoms with Gasteiger partial charge in [-0.15, -0.1) is 0 Å². The van der Waals surface area contributed by atoms with Gasteiger partial charge in [0.15, 0.2) is 0 Å². The van der Waals surface area contributed by atoms with Gasteiger partial charge in [-0.2, -0.15) is 0 Å². The molecular weight excluding hydrogens is 234 g/mol. The lowest BCUT2D eigenvalue weighted by atomic mass is 9.81. The first-order valence-electron chi connectivity index (χ1n) is 8.51. The van der Waals surface area contributed by atoms with Gasteiger partial charge in [0.2, 0.25) is 0 Å². The number of nitrogens with one attached hydrogen (secondary N) is 1. The second-order valence-electron chi connectivity index (χ2n) is 5.63. The molecule has 0 radical (unpaired) electrons. The number of rotatable bonds is 12. The summed E-state index contributed by atoms with van der Waals surface area (Å²) in [6.45, 7) is 15.4. The van der Waals surface area contributed by atoms with E-state index in [1.165, 1.54) is 25.7 Å². The summed E-state index contributed by atoms with van der Waals surface area (Å²) in [6, 6.07) is 0.493. The minimum Gasteiger partial charge on any atom is -0.374 e. The minimum absolute atomic E-state index is 0.0203. The second-order valence-corrected chi connectivity index (χ2v) is 5.63. The molecule has 2 heteroatoms. The van der Waals surface area contributed by atoms with Gasteiger partial charge in [0.05, 0.1) is 5.60 Å². The van der Waals surface area contributed by atoms with Crippen LogP contribution in [0, 0.1) is 5.92 Å². The van der Waals surface area contributed by atoms with Gasteiger partial charge in [0.25, 0.3) is 0 Å². The summed E-state index contributed by atoms with van der Waals surface area (Å²) in [5.74, 6) is 0.812.